The lowest BCUT2D eigenvalue weighted by molar-refractivity contribution is 0.825. The quantitative estimate of drug-likeness (QED) is 0.683. The lowest BCUT2D eigenvalue weighted by Crippen LogP contribution is -1.91. The van der Waals surface area contributed by atoms with Crippen LogP contribution in [0.1, 0.15) is 31.4 Å². The van der Waals surface area contributed by atoms with Crippen LogP contribution in [0.2, 0.25) is 0 Å². The highest BCUT2D eigenvalue weighted by Gasteiger charge is 1.97. The van der Waals surface area contributed by atoms with Gasteiger partial charge in [-0.15, -0.1) is 0 Å². The van der Waals surface area contributed by atoms with E-state index >= 15 is 0 Å². The van der Waals surface area contributed by atoms with Gasteiger partial charge in [-0.3, -0.25) is 9.98 Å². The van der Waals surface area contributed by atoms with Crippen LogP contribution < -0.4 is 0 Å². The molecule has 0 unspecified atom stereocenters. The van der Waals surface area contributed by atoms with Crippen molar-refractivity contribution in [2.45, 2.75) is 34.1 Å². The van der Waals surface area contributed by atoms with Crippen molar-refractivity contribution >= 4 is 18.1 Å². The van der Waals surface area contributed by atoms with Crippen LogP contribution in [-0.2, 0) is 0 Å². The molecule has 0 aromatic heterocycles. The van der Waals surface area contributed by atoms with Gasteiger partial charge >= 0.3 is 0 Å². The molecular formula is C17H24N2. The van der Waals surface area contributed by atoms with Crippen molar-refractivity contribution in [2.75, 3.05) is 7.05 Å². The predicted octanol–water partition coefficient (Wildman–Crippen LogP) is 4.68. The Morgan fingerprint density at radius 2 is 2.00 bits per heavy atom. The van der Waals surface area contributed by atoms with Gasteiger partial charge in [-0.05, 0) is 37.0 Å². The third kappa shape index (κ3) is 5.64. The highest BCUT2D eigenvalue weighted by atomic mass is 14.7. The molecule has 1 aromatic rings. The van der Waals surface area contributed by atoms with Gasteiger partial charge in [0, 0.05) is 25.9 Å². The predicted molar refractivity (Wildman–Crippen MR) is 86.0 cm³/mol. The number of rotatable bonds is 5. The van der Waals surface area contributed by atoms with Crippen LogP contribution in [0.3, 0.4) is 0 Å². The van der Waals surface area contributed by atoms with Gasteiger partial charge < -0.3 is 0 Å². The molecule has 0 radical (unpaired) electrons. The number of aliphatic imine (C=N–C) groups is 2. The zero-order valence-corrected chi connectivity index (χ0v) is 12.6. The van der Waals surface area contributed by atoms with E-state index in [-0.39, 0.29) is 0 Å². The first kappa shape index (κ1) is 15.4. The van der Waals surface area contributed by atoms with E-state index in [0.29, 0.717) is 5.92 Å². The smallest absolute Gasteiger partial charge is 0.0655 e. The number of hydrogen-bond donors (Lipinski definition) is 0. The maximum atomic E-state index is 4.55. The fourth-order valence-electron chi connectivity index (χ4n) is 1.96. The van der Waals surface area contributed by atoms with Gasteiger partial charge in [-0.2, -0.15) is 0 Å². The molecule has 0 fully saturated rings. The first-order chi connectivity index (χ1) is 9.02. The summed E-state index contributed by atoms with van der Waals surface area (Å²) >= 11 is 0. The lowest BCUT2D eigenvalue weighted by Gasteiger charge is -2.02. The number of allylic oxidation sites excluding steroid dienone is 2. The summed E-state index contributed by atoms with van der Waals surface area (Å²) in [5, 5.41) is 0. The first-order valence-electron chi connectivity index (χ1n) is 6.75. The average Bonchev–Trinajstić information content (AvgIpc) is 2.31. The molecule has 0 saturated carbocycles. The van der Waals surface area contributed by atoms with Crippen molar-refractivity contribution in [1.82, 2.24) is 0 Å². The Balaban J connectivity index is 2.76. The normalized spacial score (nSPS) is 13.1. The molecule has 2 heteroatoms. The number of nitrogens with zero attached hydrogens (tertiary/aromatic N) is 2. The molecule has 0 aliphatic heterocycles. The summed E-state index contributed by atoms with van der Waals surface area (Å²) in [5.74, 6) is 0.530. The number of hydrogen-bond acceptors (Lipinski definition) is 2. The molecule has 0 aliphatic rings. The molecule has 0 heterocycles. The fourth-order valence-corrected chi connectivity index (χ4v) is 1.96. The molecular weight excluding hydrogens is 232 g/mol. The first-order valence-corrected chi connectivity index (χ1v) is 6.75. The third-order valence-corrected chi connectivity index (χ3v) is 2.75. The fraction of sp³-hybridized carbons (Fsp3) is 0.412. The second-order valence-electron chi connectivity index (χ2n) is 5.18. The summed E-state index contributed by atoms with van der Waals surface area (Å²) in [6.45, 7) is 8.54. The molecule has 0 aliphatic carbocycles. The molecule has 1 rings (SSSR count). The molecule has 0 bridgehead atoms. The second-order valence-corrected chi connectivity index (χ2v) is 5.18. The topological polar surface area (TPSA) is 24.7 Å². The second kappa shape index (κ2) is 7.67. The van der Waals surface area contributed by atoms with Gasteiger partial charge in [0.25, 0.3) is 0 Å². The molecule has 0 atom stereocenters. The Bertz CT molecular complexity index is 494. The van der Waals surface area contributed by atoms with E-state index in [1.54, 1.807) is 7.05 Å². The summed E-state index contributed by atoms with van der Waals surface area (Å²) in [7, 11) is 1.80. The molecule has 1 aromatic carbocycles. The van der Waals surface area contributed by atoms with Crippen LogP contribution in [0.4, 0.5) is 5.69 Å². The zero-order valence-electron chi connectivity index (χ0n) is 12.6. The molecule has 0 spiro atoms. The molecule has 2 nitrogen and oxygen atoms in total. The Morgan fingerprint density at radius 1 is 1.26 bits per heavy atom. The zero-order chi connectivity index (χ0) is 14.3. The minimum Gasteiger partial charge on any atom is -0.296 e. The van der Waals surface area contributed by atoms with E-state index in [0.717, 1.165) is 12.1 Å². The number of benzene rings is 1. The van der Waals surface area contributed by atoms with Crippen molar-refractivity contribution in [3.63, 3.8) is 0 Å². The maximum Gasteiger partial charge on any atom is 0.0655 e. The Labute approximate surface area is 117 Å². The van der Waals surface area contributed by atoms with Crippen LogP contribution in [0.25, 0.3) is 0 Å². The summed E-state index contributed by atoms with van der Waals surface area (Å²) < 4.78 is 0. The molecule has 19 heavy (non-hydrogen) atoms. The van der Waals surface area contributed by atoms with E-state index in [4.69, 9.17) is 0 Å². The van der Waals surface area contributed by atoms with Gasteiger partial charge in [0.1, 0.15) is 0 Å². The van der Waals surface area contributed by atoms with Crippen molar-refractivity contribution < 1.29 is 0 Å². The third-order valence-electron chi connectivity index (χ3n) is 2.75. The van der Waals surface area contributed by atoms with Crippen LogP contribution in [0, 0.1) is 19.8 Å². The largest absolute Gasteiger partial charge is 0.296 e. The van der Waals surface area contributed by atoms with Crippen molar-refractivity contribution in [1.29, 1.82) is 0 Å². The standard InChI is InChI=1S/C17H24N2/c1-13(2)10-16(12-18-5)8-9-19-17-7-6-14(3)11-15(17)4/h6-7,9-13H,8H2,1-5H3/b16-10-,18-12?,19-9?. The molecule has 102 valence electrons. The van der Waals surface area contributed by atoms with E-state index in [2.05, 4.69) is 62.0 Å². The minimum atomic E-state index is 0.530. The van der Waals surface area contributed by atoms with E-state index < -0.39 is 0 Å². The van der Waals surface area contributed by atoms with E-state index in [1.807, 2.05) is 12.4 Å². The molecule has 0 saturated heterocycles. The Kier molecular flexibility index (Phi) is 6.20. The maximum absolute atomic E-state index is 4.55. The molecule has 0 amide bonds. The Hall–Kier alpha value is -1.70. The SMILES string of the molecule is CN=C/C(=C\C(C)C)CC=Nc1ccc(C)cc1C. The highest BCUT2D eigenvalue weighted by Crippen LogP contribution is 2.19. The summed E-state index contributed by atoms with van der Waals surface area (Å²) in [5.41, 5.74) is 4.75. The van der Waals surface area contributed by atoms with Crippen LogP contribution in [0.15, 0.2) is 39.8 Å². The average molecular weight is 256 g/mol. The summed E-state index contributed by atoms with van der Waals surface area (Å²) in [4.78, 5) is 8.64. The van der Waals surface area contributed by atoms with E-state index in [9.17, 15) is 0 Å². The van der Waals surface area contributed by atoms with Crippen LogP contribution in [-0.4, -0.2) is 19.5 Å². The van der Waals surface area contributed by atoms with Crippen molar-refractivity contribution in [3.05, 3.63) is 41.0 Å². The van der Waals surface area contributed by atoms with Crippen LogP contribution >= 0.6 is 0 Å². The van der Waals surface area contributed by atoms with Crippen molar-refractivity contribution in [3.8, 4) is 0 Å². The lowest BCUT2D eigenvalue weighted by atomic mass is 10.1. The monoisotopic (exact) mass is 256 g/mol. The van der Waals surface area contributed by atoms with E-state index in [1.165, 1.54) is 16.7 Å². The van der Waals surface area contributed by atoms with Gasteiger partial charge in [-0.1, -0.05) is 37.6 Å². The van der Waals surface area contributed by atoms with Gasteiger partial charge in [0.05, 0.1) is 5.69 Å². The van der Waals surface area contributed by atoms with Crippen LogP contribution in [0.5, 0.6) is 0 Å². The Morgan fingerprint density at radius 3 is 2.58 bits per heavy atom. The highest BCUT2D eigenvalue weighted by molar-refractivity contribution is 5.84. The minimum absolute atomic E-state index is 0.530. The van der Waals surface area contributed by atoms with Gasteiger partial charge in [0.15, 0.2) is 0 Å². The molecule has 0 N–H and O–H groups in total. The van der Waals surface area contributed by atoms with Crippen molar-refractivity contribution in [2.24, 2.45) is 15.9 Å². The number of aryl methyl sites for hydroxylation is 2. The summed E-state index contributed by atoms with van der Waals surface area (Å²) in [6, 6.07) is 6.32. The summed E-state index contributed by atoms with van der Waals surface area (Å²) in [6.07, 6.45) is 6.92. The van der Waals surface area contributed by atoms with Gasteiger partial charge in [0.2, 0.25) is 0 Å². The van der Waals surface area contributed by atoms with Gasteiger partial charge in [-0.25, -0.2) is 0 Å².